The lowest BCUT2D eigenvalue weighted by atomic mass is 10.1. The molecule has 0 bridgehead atoms. The van der Waals surface area contributed by atoms with Gasteiger partial charge in [-0.3, -0.25) is 9.59 Å². The summed E-state index contributed by atoms with van der Waals surface area (Å²) >= 11 is 0. The molecule has 0 aliphatic heterocycles. The van der Waals surface area contributed by atoms with Crippen molar-refractivity contribution in [2.24, 2.45) is 0 Å². The first kappa shape index (κ1) is 28.7. The summed E-state index contributed by atoms with van der Waals surface area (Å²) in [7, 11) is 0. The van der Waals surface area contributed by atoms with Gasteiger partial charge in [0.25, 0.3) is 0 Å². The number of benzene rings is 2. The maximum absolute atomic E-state index is 11.8. The maximum Gasteiger partial charge on any atom is 0.313 e. The van der Waals surface area contributed by atoms with Crippen LogP contribution in [0.4, 0.5) is 0 Å². The molecule has 0 heterocycles. The Balaban J connectivity index is 1.30. The summed E-state index contributed by atoms with van der Waals surface area (Å²) < 4.78 is 16.3. The van der Waals surface area contributed by atoms with Crippen LogP contribution in [0.3, 0.4) is 0 Å². The highest BCUT2D eigenvalue weighted by Crippen LogP contribution is 2.10. The summed E-state index contributed by atoms with van der Waals surface area (Å²) in [5.74, 6) is -0.784. The van der Waals surface area contributed by atoms with Gasteiger partial charge in [-0.2, -0.15) is 0 Å². The normalized spacial score (nSPS) is 10.9. The maximum atomic E-state index is 11.8. The fraction of sp³-hybridized carbons (Fsp3) is 0.533. The third-order valence-corrected chi connectivity index (χ3v) is 5.79. The molecule has 0 spiro atoms. The molecule has 5 nitrogen and oxygen atoms in total. The molecule has 0 radical (unpaired) electrons. The highest BCUT2D eigenvalue weighted by molar-refractivity contribution is 5.85. The van der Waals surface area contributed by atoms with E-state index >= 15 is 0 Å². The van der Waals surface area contributed by atoms with Gasteiger partial charge >= 0.3 is 11.9 Å². The second kappa shape index (κ2) is 19.8. The molecular weight excluding hydrogens is 440 g/mol. The van der Waals surface area contributed by atoms with Crippen molar-refractivity contribution in [2.75, 3.05) is 13.2 Å². The molecule has 0 saturated heterocycles. The molecule has 2 aromatic rings. The number of esters is 2. The fourth-order valence-corrected chi connectivity index (χ4v) is 3.77. The Kier molecular flexibility index (Phi) is 16.2. The smallest absolute Gasteiger partial charge is 0.313 e. The van der Waals surface area contributed by atoms with Gasteiger partial charge < -0.3 is 14.2 Å². The van der Waals surface area contributed by atoms with Crippen molar-refractivity contribution < 1.29 is 23.8 Å². The first-order chi connectivity index (χ1) is 17.2. The SMILES string of the molecule is O=C(CCCCCCCOCc1ccccc1)OC(=O)CCCCCCCOCc1ccccc1. The van der Waals surface area contributed by atoms with E-state index in [1.165, 1.54) is 11.1 Å². The van der Waals surface area contributed by atoms with E-state index in [9.17, 15) is 9.59 Å². The first-order valence-corrected chi connectivity index (χ1v) is 13.2. The number of carbonyl (C=O) groups excluding carboxylic acids is 2. The molecule has 0 aromatic heterocycles. The third-order valence-electron chi connectivity index (χ3n) is 5.79. The van der Waals surface area contributed by atoms with Gasteiger partial charge in [-0.15, -0.1) is 0 Å². The summed E-state index contributed by atoms with van der Waals surface area (Å²) in [5.41, 5.74) is 2.39. The zero-order valence-corrected chi connectivity index (χ0v) is 21.1. The fourth-order valence-electron chi connectivity index (χ4n) is 3.77. The van der Waals surface area contributed by atoms with Gasteiger partial charge in [0.05, 0.1) is 13.2 Å². The van der Waals surface area contributed by atoms with Gasteiger partial charge in [0.2, 0.25) is 0 Å². The largest absolute Gasteiger partial charge is 0.393 e. The van der Waals surface area contributed by atoms with E-state index in [1.807, 2.05) is 36.4 Å². The van der Waals surface area contributed by atoms with Gasteiger partial charge in [-0.1, -0.05) is 99.2 Å². The van der Waals surface area contributed by atoms with E-state index in [4.69, 9.17) is 14.2 Å². The second-order valence-electron chi connectivity index (χ2n) is 8.96. The van der Waals surface area contributed by atoms with Crippen molar-refractivity contribution >= 4 is 11.9 Å². The van der Waals surface area contributed by atoms with E-state index in [0.717, 1.165) is 77.4 Å². The van der Waals surface area contributed by atoms with Crippen LogP contribution in [0.2, 0.25) is 0 Å². The van der Waals surface area contributed by atoms with Gasteiger partial charge in [-0.25, -0.2) is 0 Å². The first-order valence-electron chi connectivity index (χ1n) is 13.2. The number of unbranched alkanes of at least 4 members (excludes halogenated alkanes) is 8. The molecule has 0 N–H and O–H groups in total. The molecule has 0 atom stereocenters. The Morgan fingerprint density at radius 2 is 0.857 bits per heavy atom. The van der Waals surface area contributed by atoms with E-state index in [2.05, 4.69) is 24.3 Å². The van der Waals surface area contributed by atoms with Gasteiger partial charge in [0.15, 0.2) is 0 Å². The second-order valence-corrected chi connectivity index (χ2v) is 8.96. The standard InChI is InChI=1S/C30H42O5/c31-29(21-13-3-1-5-15-23-33-25-27-17-9-7-10-18-27)35-30(32)22-14-4-2-6-16-24-34-26-28-19-11-8-12-20-28/h7-12,17-20H,1-6,13-16,21-26H2. The van der Waals surface area contributed by atoms with Crippen LogP contribution in [0.15, 0.2) is 60.7 Å². The van der Waals surface area contributed by atoms with Crippen molar-refractivity contribution in [3.63, 3.8) is 0 Å². The lowest BCUT2D eigenvalue weighted by molar-refractivity contribution is -0.159. The quantitative estimate of drug-likeness (QED) is 0.114. The Morgan fingerprint density at radius 1 is 0.486 bits per heavy atom. The Labute approximate surface area is 211 Å². The number of hydrogen-bond donors (Lipinski definition) is 0. The molecule has 35 heavy (non-hydrogen) atoms. The van der Waals surface area contributed by atoms with Crippen LogP contribution >= 0.6 is 0 Å². The summed E-state index contributed by atoms with van der Waals surface area (Å²) in [6, 6.07) is 20.3. The van der Waals surface area contributed by atoms with E-state index in [1.54, 1.807) is 0 Å². The van der Waals surface area contributed by atoms with Crippen LogP contribution in [0.25, 0.3) is 0 Å². The van der Waals surface area contributed by atoms with Crippen molar-refractivity contribution in [3.05, 3.63) is 71.8 Å². The lowest BCUT2D eigenvalue weighted by Gasteiger charge is -2.06. The average Bonchev–Trinajstić information content (AvgIpc) is 2.88. The van der Waals surface area contributed by atoms with Crippen molar-refractivity contribution in [1.29, 1.82) is 0 Å². The molecule has 0 unspecified atom stereocenters. The van der Waals surface area contributed by atoms with E-state index in [-0.39, 0.29) is 0 Å². The Bertz CT molecular complexity index is 723. The van der Waals surface area contributed by atoms with E-state index in [0.29, 0.717) is 26.1 Å². The molecule has 192 valence electrons. The molecule has 0 amide bonds. The van der Waals surface area contributed by atoms with Gasteiger partial charge in [0.1, 0.15) is 0 Å². The highest BCUT2D eigenvalue weighted by Gasteiger charge is 2.09. The summed E-state index contributed by atoms with van der Waals surface area (Å²) in [6.07, 6.45) is 10.5. The van der Waals surface area contributed by atoms with Crippen LogP contribution in [-0.4, -0.2) is 25.2 Å². The average molecular weight is 483 g/mol. The predicted octanol–water partition coefficient (Wildman–Crippen LogP) is 7.17. The minimum absolute atomic E-state index is 0.319. The predicted molar refractivity (Wildman–Crippen MR) is 139 cm³/mol. The van der Waals surface area contributed by atoms with Crippen molar-refractivity contribution in [2.45, 2.75) is 90.3 Å². The summed E-state index contributed by atoms with van der Waals surface area (Å²) in [5, 5.41) is 0. The molecule has 2 aromatic carbocycles. The van der Waals surface area contributed by atoms with Crippen molar-refractivity contribution in [3.8, 4) is 0 Å². The molecule has 0 aliphatic rings. The van der Waals surface area contributed by atoms with Crippen LogP contribution < -0.4 is 0 Å². The summed E-state index contributed by atoms with van der Waals surface area (Å²) in [4.78, 5) is 23.6. The third kappa shape index (κ3) is 15.9. The zero-order chi connectivity index (χ0) is 24.8. The zero-order valence-electron chi connectivity index (χ0n) is 21.1. The molecular formula is C30H42O5. The van der Waals surface area contributed by atoms with Gasteiger partial charge in [0, 0.05) is 26.1 Å². The molecule has 0 fully saturated rings. The van der Waals surface area contributed by atoms with Gasteiger partial charge in [-0.05, 0) is 36.8 Å². The topological polar surface area (TPSA) is 61.8 Å². The number of hydrogen-bond acceptors (Lipinski definition) is 5. The monoisotopic (exact) mass is 482 g/mol. The summed E-state index contributed by atoms with van der Waals surface area (Å²) in [6.45, 7) is 2.83. The van der Waals surface area contributed by atoms with Crippen molar-refractivity contribution in [1.82, 2.24) is 0 Å². The Morgan fingerprint density at radius 3 is 1.29 bits per heavy atom. The molecule has 2 rings (SSSR count). The van der Waals surface area contributed by atoms with E-state index < -0.39 is 11.9 Å². The highest BCUT2D eigenvalue weighted by atomic mass is 16.6. The number of rotatable bonds is 20. The Hall–Kier alpha value is -2.50. The van der Waals surface area contributed by atoms with Crippen LogP contribution in [0, 0.1) is 0 Å². The molecule has 0 aliphatic carbocycles. The molecule has 0 saturated carbocycles. The van der Waals surface area contributed by atoms with Crippen LogP contribution in [-0.2, 0) is 37.0 Å². The van der Waals surface area contributed by atoms with Crippen LogP contribution in [0.5, 0.6) is 0 Å². The lowest BCUT2D eigenvalue weighted by Crippen LogP contribution is -2.11. The minimum Gasteiger partial charge on any atom is -0.393 e. The van der Waals surface area contributed by atoms with Crippen LogP contribution in [0.1, 0.15) is 88.2 Å². The number of ether oxygens (including phenoxy) is 3. The molecule has 5 heteroatoms. The number of carbonyl (C=O) groups is 2. The minimum atomic E-state index is -0.392.